The van der Waals surface area contributed by atoms with Gasteiger partial charge in [-0.15, -0.1) is 0 Å². The highest BCUT2D eigenvalue weighted by Gasteiger charge is 2.09. The maximum atomic E-state index is 4.44. The Balaban J connectivity index is 2.32. The van der Waals surface area contributed by atoms with Gasteiger partial charge in [-0.1, -0.05) is 6.92 Å². The van der Waals surface area contributed by atoms with Crippen molar-refractivity contribution in [1.29, 1.82) is 0 Å². The Morgan fingerprint density at radius 3 is 2.83 bits per heavy atom. The summed E-state index contributed by atoms with van der Waals surface area (Å²) >= 11 is 6.84. The average Bonchev–Trinajstić information content (AvgIpc) is 2.36. The van der Waals surface area contributed by atoms with Gasteiger partial charge in [0.25, 0.3) is 0 Å². The normalized spacial score (nSPS) is 10.4. The standard InChI is InChI=1S/C12H12Br2N4/c1-2-4-15-10-3-5-16-12(18-10)11-9(14)6-8(13)7-17-11/h3,5-7H,2,4H2,1H3,(H,15,16,18). The Morgan fingerprint density at radius 1 is 1.28 bits per heavy atom. The number of pyridine rings is 1. The van der Waals surface area contributed by atoms with Crippen LogP contribution < -0.4 is 5.32 Å². The molecule has 4 nitrogen and oxygen atoms in total. The van der Waals surface area contributed by atoms with Crippen LogP contribution in [0.4, 0.5) is 5.82 Å². The summed E-state index contributed by atoms with van der Waals surface area (Å²) in [6.07, 6.45) is 4.52. The molecule has 1 N–H and O–H groups in total. The molecule has 94 valence electrons. The van der Waals surface area contributed by atoms with E-state index >= 15 is 0 Å². The summed E-state index contributed by atoms with van der Waals surface area (Å²) < 4.78 is 1.78. The van der Waals surface area contributed by atoms with Crippen molar-refractivity contribution in [2.75, 3.05) is 11.9 Å². The van der Waals surface area contributed by atoms with Crippen LogP contribution in [0.5, 0.6) is 0 Å². The SMILES string of the molecule is CCCNc1ccnc(-c2ncc(Br)cc2Br)n1. The van der Waals surface area contributed by atoms with Crippen LogP contribution in [0.3, 0.4) is 0 Å². The minimum atomic E-state index is 0.607. The lowest BCUT2D eigenvalue weighted by Gasteiger charge is -2.06. The van der Waals surface area contributed by atoms with E-state index in [1.807, 2.05) is 12.1 Å². The average molecular weight is 372 g/mol. The first-order valence-electron chi connectivity index (χ1n) is 5.59. The summed E-state index contributed by atoms with van der Waals surface area (Å²) in [4.78, 5) is 13.0. The monoisotopic (exact) mass is 370 g/mol. The van der Waals surface area contributed by atoms with Crippen molar-refractivity contribution in [2.45, 2.75) is 13.3 Å². The van der Waals surface area contributed by atoms with Crippen LogP contribution in [0, 0.1) is 0 Å². The molecular formula is C12H12Br2N4. The van der Waals surface area contributed by atoms with Crippen molar-refractivity contribution in [3.63, 3.8) is 0 Å². The number of rotatable bonds is 4. The Hall–Kier alpha value is -1.01. The van der Waals surface area contributed by atoms with Gasteiger partial charge in [-0.3, -0.25) is 4.98 Å². The largest absolute Gasteiger partial charge is 0.370 e. The Kier molecular flexibility index (Phi) is 4.66. The van der Waals surface area contributed by atoms with Gasteiger partial charge >= 0.3 is 0 Å². The van der Waals surface area contributed by atoms with Gasteiger partial charge in [-0.25, -0.2) is 9.97 Å². The molecule has 2 rings (SSSR count). The van der Waals surface area contributed by atoms with Crippen molar-refractivity contribution in [2.24, 2.45) is 0 Å². The summed E-state index contributed by atoms with van der Waals surface area (Å²) in [5.41, 5.74) is 0.735. The predicted molar refractivity (Wildman–Crippen MR) is 79.4 cm³/mol. The van der Waals surface area contributed by atoms with Gasteiger partial charge in [0, 0.05) is 27.9 Å². The molecule has 0 radical (unpaired) electrons. The van der Waals surface area contributed by atoms with Crippen LogP contribution in [0.1, 0.15) is 13.3 Å². The number of nitrogens with one attached hydrogen (secondary N) is 1. The molecule has 0 aromatic carbocycles. The molecule has 0 spiro atoms. The number of hydrogen-bond donors (Lipinski definition) is 1. The lowest BCUT2D eigenvalue weighted by molar-refractivity contribution is 0.964. The second kappa shape index (κ2) is 6.24. The van der Waals surface area contributed by atoms with Crippen LogP contribution in [-0.2, 0) is 0 Å². The molecule has 0 aliphatic heterocycles. The van der Waals surface area contributed by atoms with Crippen LogP contribution >= 0.6 is 31.9 Å². The Bertz CT molecular complexity index is 545. The highest BCUT2D eigenvalue weighted by atomic mass is 79.9. The van der Waals surface area contributed by atoms with Crippen LogP contribution in [0.15, 0.2) is 33.5 Å². The van der Waals surface area contributed by atoms with Crippen molar-refractivity contribution < 1.29 is 0 Å². The van der Waals surface area contributed by atoms with Crippen LogP contribution in [0.2, 0.25) is 0 Å². The molecule has 0 saturated carbocycles. The summed E-state index contributed by atoms with van der Waals surface area (Å²) in [5, 5.41) is 3.23. The van der Waals surface area contributed by atoms with Gasteiger partial charge in [-0.05, 0) is 50.4 Å². The molecule has 2 heterocycles. The second-order valence-electron chi connectivity index (χ2n) is 3.68. The van der Waals surface area contributed by atoms with E-state index in [4.69, 9.17) is 0 Å². The third-order valence-electron chi connectivity index (χ3n) is 2.23. The van der Waals surface area contributed by atoms with Crippen LogP contribution in [0.25, 0.3) is 11.5 Å². The van der Waals surface area contributed by atoms with E-state index < -0.39 is 0 Å². The second-order valence-corrected chi connectivity index (χ2v) is 5.45. The lowest BCUT2D eigenvalue weighted by atomic mass is 10.3. The Morgan fingerprint density at radius 2 is 2.11 bits per heavy atom. The zero-order chi connectivity index (χ0) is 13.0. The minimum absolute atomic E-state index is 0.607. The van der Waals surface area contributed by atoms with Gasteiger partial charge in [0.1, 0.15) is 11.5 Å². The van der Waals surface area contributed by atoms with E-state index in [9.17, 15) is 0 Å². The molecule has 0 fully saturated rings. The molecule has 6 heteroatoms. The fourth-order valence-electron chi connectivity index (χ4n) is 1.40. The molecule has 2 aromatic heterocycles. The quantitative estimate of drug-likeness (QED) is 0.885. The zero-order valence-corrected chi connectivity index (χ0v) is 13.0. The van der Waals surface area contributed by atoms with E-state index in [1.54, 1.807) is 12.4 Å². The first-order valence-corrected chi connectivity index (χ1v) is 7.17. The van der Waals surface area contributed by atoms with Gasteiger partial charge in [0.15, 0.2) is 5.82 Å². The van der Waals surface area contributed by atoms with Gasteiger partial charge in [0.2, 0.25) is 0 Å². The van der Waals surface area contributed by atoms with Crippen LogP contribution in [-0.4, -0.2) is 21.5 Å². The van der Waals surface area contributed by atoms with Gasteiger partial charge in [0.05, 0.1) is 0 Å². The third-order valence-corrected chi connectivity index (χ3v) is 3.27. The number of halogens is 2. The van der Waals surface area contributed by atoms with E-state index in [2.05, 4.69) is 59.1 Å². The first kappa shape index (κ1) is 13.4. The topological polar surface area (TPSA) is 50.7 Å². The lowest BCUT2D eigenvalue weighted by Crippen LogP contribution is -2.03. The zero-order valence-electron chi connectivity index (χ0n) is 9.82. The summed E-state index contributed by atoms with van der Waals surface area (Å²) in [5.74, 6) is 1.42. The highest BCUT2D eigenvalue weighted by molar-refractivity contribution is 9.11. The molecule has 0 unspecified atom stereocenters. The smallest absolute Gasteiger partial charge is 0.181 e. The molecule has 0 saturated heterocycles. The predicted octanol–water partition coefficient (Wildman–Crippen LogP) is 3.89. The van der Waals surface area contributed by atoms with Gasteiger partial charge in [-0.2, -0.15) is 0 Å². The van der Waals surface area contributed by atoms with E-state index in [-0.39, 0.29) is 0 Å². The van der Waals surface area contributed by atoms with Crippen molar-refractivity contribution in [1.82, 2.24) is 15.0 Å². The molecule has 2 aromatic rings. The molecule has 0 amide bonds. The molecular weight excluding hydrogens is 360 g/mol. The van der Waals surface area contributed by atoms with Crippen molar-refractivity contribution in [3.8, 4) is 11.5 Å². The molecule has 0 bridgehead atoms. The number of aromatic nitrogens is 3. The number of anilines is 1. The third kappa shape index (κ3) is 3.26. The van der Waals surface area contributed by atoms with E-state index in [0.29, 0.717) is 5.82 Å². The fraction of sp³-hybridized carbons (Fsp3) is 0.250. The first-order chi connectivity index (χ1) is 8.70. The number of hydrogen-bond acceptors (Lipinski definition) is 4. The minimum Gasteiger partial charge on any atom is -0.370 e. The summed E-state index contributed by atoms with van der Waals surface area (Å²) in [7, 11) is 0. The highest BCUT2D eigenvalue weighted by Crippen LogP contribution is 2.26. The fourth-order valence-corrected chi connectivity index (χ4v) is 2.57. The summed E-state index contributed by atoms with van der Waals surface area (Å²) in [6.45, 7) is 3.01. The van der Waals surface area contributed by atoms with Crippen molar-refractivity contribution >= 4 is 37.7 Å². The maximum absolute atomic E-state index is 4.44. The van der Waals surface area contributed by atoms with Gasteiger partial charge < -0.3 is 5.32 Å². The molecule has 0 aliphatic rings. The molecule has 0 atom stereocenters. The molecule has 0 aliphatic carbocycles. The number of nitrogens with zero attached hydrogens (tertiary/aromatic N) is 3. The Labute approximate surface area is 123 Å². The maximum Gasteiger partial charge on any atom is 0.181 e. The van der Waals surface area contributed by atoms with E-state index in [1.165, 1.54) is 0 Å². The van der Waals surface area contributed by atoms with E-state index in [0.717, 1.165) is 33.4 Å². The van der Waals surface area contributed by atoms with Crippen molar-refractivity contribution in [3.05, 3.63) is 33.5 Å². The summed E-state index contributed by atoms with van der Waals surface area (Å²) in [6, 6.07) is 3.78. The molecule has 18 heavy (non-hydrogen) atoms.